The number of carbonyl (C=O) groups is 1. The molecule has 2 aromatic rings. The monoisotopic (exact) mass is 423 g/mol. The molecule has 31 heavy (non-hydrogen) atoms. The molecule has 2 aromatic heterocycles. The lowest BCUT2D eigenvalue weighted by atomic mass is 9.90. The maximum Gasteiger partial charge on any atom is 0.254 e. The number of pyridine rings is 1. The number of hydrogen-bond donors (Lipinski definition) is 0. The van der Waals surface area contributed by atoms with Crippen LogP contribution in [-0.4, -0.2) is 58.4 Å². The van der Waals surface area contributed by atoms with E-state index >= 15 is 0 Å². The number of ether oxygens (including phenoxy) is 1. The lowest BCUT2D eigenvalue weighted by Gasteiger charge is -2.34. The maximum absolute atomic E-state index is 14.6. The summed E-state index contributed by atoms with van der Waals surface area (Å²) in [6, 6.07) is 1.72. The smallest absolute Gasteiger partial charge is 0.254 e. The Morgan fingerprint density at radius 2 is 2.13 bits per heavy atom. The van der Waals surface area contributed by atoms with Crippen LogP contribution in [0.25, 0.3) is 5.57 Å². The Labute approximate surface area is 180 Å². The van der Waals surface area contributed by atoms with E-state index in [0.717, 1.165) is 17.5 Å². The van der Waals surface area contributed by atoms with Crippen molar-refractivity contribution in [3.05, 3.63) is 58.3 Å². The lowest BCUT2D eigenvalue weighted by molar-refractivity contribution is 0.0408. The minimum Gasteiger partial charge on any atom is -0.374 e. The van der Waals surface area contributed by atoms with Gasteiger partial charge in [-0.05, 0) is 37.1 Å². The Morgan fingerprint density at radius 1 is 1.32 bits per heavy atom. The molecule has 1 fully saturated rings. The van der Waals surface area contributed by atoms with E-state index in [1.165, 1.54) is 0 Å². The Hall–Kier alpha value is -3.00. The number of allylic oxidation sites excluding steroid dienone is 4. The van der Waals surface area contributed by atoms with Crippen LogP contribution >= 0.6 is 0 Å². The van der Waals surface area contributed by atoms with Crippen LogP contribution in [0.1, 0.15) is 47.1 Å². The number of carbonyl (C=O) groups excluding carboxylic acids is 1. The number of aromatic nitrogens is 3. The predicted molar refractivity (Wildman–Crippen MR) is 115 cm³/mol. The first-order valence-electron chi connectivity index (χ1n) is 10.6. The molecule has 7 nitrogen and oxygen atoms in total. The molecule has 0 N–H and O–H groups in total. The minimum atomic E-state index is -0.238. The maximum atomic E-state index is 14.6. The molecule has 0 saturated carbocycles. The fraction of sp³-hybridized carbons (Fsp3) is 0.435. The number of fused-ring (bicyclic) bond motifs is 1. The Balaban J connectivity index is 1.49. The normalized spacial score (nSPS) is 23.3. The fourth-order valence-electron chi connectivity index (χ4n) is 4.61. The second kappa shape index (κ2) is 7.30. The predicted octanol–water partition coefficient (Wildman–Crippen LogP) is 3.05. The van der Waals surface area contributed by atoms with Gasteiger partial charge in [0.25, 0.3) is 5.91 Å². The second-order valence-electron chi connectivity index (χ2n) is 8.60. The molecule has 0 spiro atoms. The van der Waals surface area contributed by atoms with Crippen LogP contribution in [0.4, 0.5) is 10.2 Å². The zero-order chi connectivity index (χ0) is 21.9. The summed E-state index contributed by atoms with van der Waals surface area (Å²) in [5.74, 6) is 0.411. The first-order chi connectivity index (χ1) is 14.8. The Morgan fingerprint density at radius 3 is 2.81 bits per heavy atom. The van der Waals surface area contributed by atoms with Crippen LogP contribution in [0.5, 0.6) is 0 Å². The molecule has 162 valence electrons. The van der Waals surface area contributed by atoms with Gasteiger partial charge in [0.05, 0.1) is 36.2 Å². The fourth-order valence-corrected chi connectivity index (χ4v) is 4.61. The van der Waals surface area contributed by atoms with Gasteiger partial charge in [-0.2, -0.15) is 5.10 Å². The molecule has 0 bridgehead atoms. The van der Waals surface area contributed by atoms with Crippen molar-refractivity contribution >= 4 is 17.3 Å². The van der Waals surface area contributed by atoms with Gasteiger partial charge in [-0.3, -0.25) is 9.48 Å². The molecule has 1 saturated heterocycles. The molecule has 4 heterocycles. The van der Waals surface area contributed by atoms with E-state index in [-0.39, 0.29) is 23.9 Å². The van der Waals surface area contributed by atoms with E-state index in [1.807, 2.05) is 38.5 Å². The number of aryl methyl sites for hydroxylation is 1. The number of rotatable bonds is 4. The highest BCUT2D eigenvalue weighted by Gasteiger charge is 2.38. The number of anilines is 1. The van der Waals surface area contributed by atoms with Gasteiger partial charge in [0.1, 0.15) is 11.6 Å². The van der Waals surface area contributed by atoms with Crippen LogP contribution < -0.4 is 4.90 Å². The van der Waals surface area contributed by atoms with Gasteiger partial charge in [-0.1, -0.05) is 0 Å². The van der Waals surface area contributed by atoms with Crippen molar-refractivity contribution in [3.63, 3.8) is 0 Å². The highest BCUT2D eigenvalue weighted by atomic mass is 19.1. The summed E-state index contributed by atoms with van der Waals surface area (Å²) in [7, 11) is 3.68. The SMILES string of the molecule is CC1=CC(c2nc(N3CCO[C@@H](Cc4cnn(C)c4)C3)cc3c2C(C)N(C)C3=O)=C1F. The third kappa shape index (κ3) is 3.26. The van der Waals surface area contributed by atoms with Crippen molar-refractivity contribution in [1.29, 1.82) is 0 Å². The summed E-state index contributed by atoms with van der Waals surface area (Å²) in [5.41, 5.74) is 4.23. The van der Waals surface area contributed by atoms with Gasteiger partial charge in [-0.15, -0.1) is 0 Å². The van der Waals surface area contributed by atoms with Gasteiger partial charge < -0.3 is 14.5 Å². The minimum absolute atomic E-state index is 0.00412. The number of halogens is 1. The summed E-state index contributed by atoms with van der Waals surface area (Å²) in [6.45, 7) is 5.59. The van der Waals surface area contributed by atoms with Gasteiger partial charge in [0.2, 0.25) is 0 Å². The molecule has 0 aromatic carbocycles. The number of nitrogens with zero attached hydrogens (tertiary/aromatic N) is 5. The topological polar surface area (TPSA) is 63.5 Å². The van der Waals surface area contributed by atoms with E-state index in [2.05, 4.69) is 10.00 Å². The zero-order valence-corrected chi connectivity index (χ0v) is 18.2. The van der Waals surface area contributed by atoms with E-state index in [1.54, 1.807) is 23.6 Å². The second-order valence-corrected chi connectivity index (χ2v) is 8.60. The first-order valence-corrected chi connectivity index (χ1v) is 10.6. The molecule has 5 rings (SSSR count). The average molecular weight is 423 g/mol. The van der Waals surface area contributed by atoms with E-state index in [4.69, 9.17) is 9.72 Å². The molecule has 2 aliphatic heterocycles. The van der Waals surface area contributed by atoms with E-state index in [0.29, 0.717) is 47.9 Å². The number of hydrogen-bond acceptors (Lipinski definition) is 5. The van der Waals surface area contributed by atoms with Gasteiger partial charge in [0, 0.05) is 50.9 Å². The molecule has 3 aliphatic rings. The number of morpholine rings is 1. The standard InChI is InChI=1S/C23H26FN5O2/c1-13-7-18(21(13)24)22-20-14(2)28(4)23(30)17(20)9-19(26-22)29-5-6-31-16(12-29)8-15-10-25-27(3)11-15/h7,9-11,14,16H,5-6,8,12H2,1-4H3/t14?,16-/m0/s1. The van der Waals surface area contributed by atoms with Crippen molar-refractivity contribution in [2.24, 2.45) is 7.05 Å². The quantitative estimate of drug-likeness (QED) is 0.756. The van der Waals surface area contributed by atoms with Crippen molar-refractivity contribution in [2.45, 2.75) is 32.4 Å². The molecule has 0 radical (unpaired) electrons. The summed E-state index contributed by atoms with van der Waals surface area (Å²) < 4.78 is 22.3. The highest BCUT2D eigenvalue weighted by Crippen LogP contribution is 2.43. The molecule has 8 heteroatoms. The van der Waals surface area contributed by atoms with Crippen LogP contribution in [0.2, 0.25) is 0 Å². The van der Waals surface area contributed by atoms with Gasteiger partial charge in [0.15, 0.2) is 0 Å². The molecule has 1 aliphatic carbocycles. The van der Waals surface area contributed by atoms with Gasteiger partial charge >= 0.3 is 0 Å². The Bertz CT molecular complexity index is 1130. The molecular weight excluding hydrogens is 397 g/mol. The summed E-state index contributed by atoms with van der Waals surface area (Å²) in [4.78, 5) is 21.6. The molecule has 2 atom stereocenters. The van der Waals surface area contributed by atoms with Crippen molar-refractivity contribution in [3.8, 4) is 0 Å². The van der Waals surface area contributed by atoms with Crippen molar-refractivity contribution in [1.82, 2.24) is 19.7 Å². The first kappa shape index (κ1) is 19.9. The highest BCUT2D eigenvalue weighted by molar-refractivity contribution is 6.02. The largest absolute Gasteiger partial charge is 0.374 e. The third-order valence-electron chi connectivity index (χ3n) is 6.48. The summed E-state index contributed by atoms with van der Waals surface area (Å²) in [6.07, 6.45) is 6.40. The third-order valence-corrected chi connectivity index (χ3v) is 6.48. The van der Waals surface area contributed by atoms with Crippen LogP contribution in [0, 0.1) is 0 Å². The van der Waals surface area contributed by atoms with Crippen LogP contribution in [0.15, 0.2) is 35.9 Å². The molecular formula is C23H26FN5O2. The summed E-state index contributed by atoms with van der Waals surface area (Å²) >= 11 is 0. The average Bonchev–Trinajstić information content (AvgIpc) is 3.27. The Kier molecular flexibility index (Phi) is 4.69. The van der Waals surface area contributed by atoms with Gasteiger partial charge in [-0.25, -0.2) is 9.37 Å². The van der Waals surface area contributed by atoms with E-state index in [9.17, 15) is 9.18 Å². The summed E-state index contributed by atoms with van der Waals surface area (Å²) in [5, 5.41) is 4.23. The van der Waals surface area contributed by atoms with E-state index < -0.39 is 0 Å². The lowest BCUT2D eigenvalue weighted by Crippen LogP contribution is -2.44. The van der Waals surface area contributed by atoms with Crippen molar-refractivity contribution < 1.29 is 13.9 Å². The molecule has 1 amide bonds. The van der Waals surface area contributed by atoms with Crippen molar-refractivity contribution in [2.75, 3.05) is 31.6 Å². The van der Waals surface area contributed by atoms with Crippen LogP contribution in [0.3, 0.4) is 0 Å². The van der Waals surface area contributed by atoms with Crippen LogP contribution in [-0.2, 0) is 18.2 Å². The zero-order valence-electron chi connectivity index (χ0n) is 18.2. The molecule has 1 unspecified atom stereocenters. The number of amides is 1.